The summed E-state index contributed by atoms with van der Waals surface area (Å²) in [5.41, 5.74) is 4.31. The van der Waals surface area contributed by atoms with E-state index in [0.717, 1.165) is 18.4 Å². The van der Waals surface area contributed by atoms with Crippen molar-refractivity contribution in [2.24, 2.45) is 11.8 Å². The summed E-state index contributed by atoms with van der Waals surface area (Å²) in [5, 5.41) is 3.84. The second-order valence-corrected chi connectivity index (χ2v) is 7.28. The topological polar surface area (TPSA) is 12.0 Å². The van der Waals surface area contributed by atoms with Gasteiger partial charge in [-0.05, 0) is 63.5 Å². The Morgan fingerprint density at radius 3 is 2.24 bits per heavy atom. The average molecular weight is 287 g/mol. The second kappa shape index (κ2) is 7.98. The molecule has 0 aliphatic heterocycles. The highest BCUT2D eigenvalue weighted by Crippen LogP contribution is 2.31. The molecule has 1 atom stereocenters. The van der Waals surface area contributed by atoms with E-state index in [4.69, 9.17) is 0 Å². The molecule has 1 saturated carbocycles. The molecular formula is C20H33N. The Morgan fingerprint density at radius 1 is 1.05 bits per heavy atom. The summed E-state index contributed by atoms with van der Waals surface area (Å²) in [6, 6.07) is 7.69. The Hall–Kier alpha value is -0.820. The van der Waals surface area contributed by atoms with Crippen LogP contribution >= 0.6 is 0 Å². The van der Waals surface area contributed by atoms with Crippen LogP contribution in [0, 0.1) is 25.7 Å². The minimum absolute atomic E-state index is 0.665. The van der Waals surface area contributed by atoms with Crippen LogP contribution < -0.4 is 5.32 Å². The largest absolute Gasteiger partial charge is 0.313 e. The molecule has 1 aromatic carbocycles. The van der Waals surface area contributed by atoms with Gasteiger partial charge in [-0.25, -0.2) is 0 Å². The van der Waals surface area contributed by atoms with Gasteiger partial charge in [-0.1, -0.05) is 56.0 Å². The molecule has 0 bridgehead atoms. The van der Waals surface area contributed by atoms with E-state index in [1.165, 1.54) is 55.2 Å². The Morgan fingerprint density at radius 2 is 1.67 bits per heavy atom. The van der Waals surface area contributed by atoms with Crippen molar-refractivity contribution >= 4 is 0 Å². The lowest BCUT2D eigenvalue weighted by Gasteiger charge is -2.33. The number of benzene rings is 1. The van der Waals surface area contributed by atoms with E-state index in [-0.39, 0.29) is 0 Å². The van der Waals surface area contributed by atoms with Gasteiger partial charge >= 0.3 is 0 Å². The standard InChI is InChI=1S/C20H33N/c1-5-10-21-20(19-8-6-15(2)7-9-19)14-18-12-16(3)11-17(4)13-18/h11-13,15,19-21H,5-10,14H2,1-4H3. The zero-order valence-corrected chi connectivity index (χ0v) is 14.4. The fourth-order valence-electron chi connectivity index (χ4n) is 3.86. The van der Waals surface area contributed by atoms with E-state index in [0.29, 0.717) is 6.04 Å². The molecule has 1 aliphatic rings. The zero-order chi connectivity index (χ0) is 15.2. The lowest BCUT2D eigenvalue weighted by atomic mass is 9.77. The Bertz CT molecular complexity index is 409. The molecule has 0 aromatic heterocycles. The Kier molecular flexibility index (Phi) is 6.29. The van der Waals surface area contributed by atoms with Crippen LogP contribution in [0.15, 0.2) is 18.2 Å². The summed E-state index contributed by atoms with van der Waals surface area (Å²) in [7, 11) is 0. The van der Waals surface area contributed by atoms with E-state index in [9.17, 15) is 0 Å². The van der Waals surface area contributed by atoms with Crippen LogP contribution in [-0.2, 0) is 6.42 Å². The number of aryl methyl sites for hydroxylation is 2. The molecule has 2 rings (SSSR count). The smallest absolute Gasteiger partial charge is 0.0136 e. The highest BCUT2D eigenvalue weighted by Gasteiger charge is 2.25. The molecule has 1 unspecified atom stereocenters. The number of hydrogen-bond donors (Lipinski definition) is 1. The molecule has 0 amide bonds. The van der Waals surface area contributed by atoms with E-state index in [1.807, 2.05) is 0 Å². The van der Waals surface area contributed by atoms with Crippen LogP contribution in [0.25, 0.3) is 0 Å². The first-order chi connectivity index (χ1) is 10.1. The third-order valence-corrected chi connectivity index (χ3v) is 5.02. The van der Waals surface area contributed by atoms with Crippen LogP contribution in [0.3, 0.4) is 0 Å². The van der Waals surface area contributed by atoms with Crippen molar-refractivity contribution in [3.05, 3.63) is 34.9 Å². The molecule has 0 heterocycles. The van der Waals surface area contributed by atoms with Crippen molar-refractivity contribution in [1.82, 2.24) is 5.32 Å². The molecule has 1 nitrogen and oxygen atoms in total. The monoisotopic (exact) mass is 287 g/mol. The predicted molar refractivity (Wildman–Crippen MR) is 92.8 cm³/mol. The highest BCUT2D eigenvalue weighted by molar-refractivity contribution is 5.29. The van der Waals surface area contributed by atoms with Gasteiger partial charge in [0.1, 0.15) is 0 Å². The van der Waals surface area contributed by atoms with Crippen LogP contribution in [0.1, 0.15) is 62.6 Å². The minimum Gasteiger partial charge on any atom is -0.313 e. The zero-order valence-electron chi connectivity index (χ0n) is 14.4. The summed E-state index contributed by atoms with van der Waals surface area (Å²) in [4.78, 5) is 0. The van der Waals surface area contributed by atoms with E-state index >= 15 is 0 Å². The fraction of sp³-hybridized carbons (Fsp3) is 0.700. The maximum Gasteiger partial charge on any atom is 0.0136 e. The van der Waals surface area contributed by atoms with Crippen molar-refractivity contribution in [3.63, 3.8) is 0 Å². The summed E-state index contributed by atoms with van der Waals surface area (Å²) in [5.74, 6) is 1.81. The summed E-state index contributed by atoms with van der Waals surface area (Å²) < 4.78 is 0. The van der Waals surface area contributed by atoms with Crippen LogP contribution in [-0.4, -0.2) is 12.6 Å². The Labute approximate surface area is 131 Å². The van der Waals surface area contributed by atoms with Gasteiger partial charge in [0.05, 0.1) is 0 Å². The fourth-order valence-corrected chi connectivity index (χ4v) is 3.86. The van der Waals surface area contributed by atoms with Gasteiger partial charge < -0.3 is 5.32 Å². The van der Waals surface area contributed by atoms with Crippen LogP contribution in [0.4, 0.5) is 0 Å². The molecule has 1 fully saturated rings. The molecule has 0 spiro atoms. The molecular weight excluding hydrogens is 254 g/mol. The lowest BCUT2D eigenvalue weighted by molar-refractivity contribution is 0.229. The van der Waals surface area contributed by atoms with Gasteiger partial charge in [0.2, 0.25) is 0 Å². The van der Waals surface area contributed by atoms with Crippen LogP contribution in [0.5, 0.6) is 0 Å². The normalized spacial score (nSPS) is 24.0. The number of rotatable bonds is 6. The maximum atomic E-state index is 3.84. The molecule has 0 saturated heterocycles. The van der Waals surface area contributed by atoms with Gasteiger partial charge in [0, 0.05) is 6.04 Å². The minimum atomic E-state index is 0.665. The first-order valence-electron chi connectivity index (χ1n) is 8.89. The maximum absolute atomic E-state index is 3.84. The first kappa shape index (κ1) is 16.5. The second-order valence-electron chi connectivity index (χ2n) is 7.28. The number of nitrogens with one attached hydrogen (secondary N) is 1. The quantitative estimate of drug-likeness (QED) is 0.773. The van der Waals surface area contributed by atoms with Gasteiger partial charge in [0.25, 0.3) is 0 Å². The Balaban J connectivity index is 2.04. The number of hydrogen-bond acceptors (Lipinski definition) is 1. The third-order valence-electron chi connectivity index (χ3n) is 5.02. The van der Waals surface area contributed by atoms with E-state index < -0.39 is 0 Å². The third kappa shape index (κ3) is 5.14. The van der Waals surface area contributed by atoms with Crippen LogP contribution in [0.2, 0.25) is 0 Å². The lowest BCUT2D eigenvalue weighted by Crippen LogP contribution is -2.40. The summed E-state index contributed by atoms with van der Waals surface area (Å²) >= 11 is 0. The first-order valence-corrected chi connectivity index (χ1v) is 8.89. The van der Waals surface area contributed by atoms with Gasteiger partial charge in [-0.3, -0.25) is 0 Å². The highest BCUT2D eigenvalue weighted by atomic mass is 14.9. The molecule has 118 valence electrons. The van der Waals surface area contributed by atoms with Crippen molar-refractivity contribution in [3.8, 4) is 0 Å². The molecule has 0 radical (unpaired) electrons. The van der Waals surface area contributed by atoms with E-state index in [2.05, 4.69) is 51.2 Å². The van der Waals surface area contributed by atoms with Crippen molar-refractivity contribution in [2.75, 3.05) is 6.54 Å². The summed E-state index contributed by atoms with van der Waals surface area (Å²) in [6.45, 7) is 10.3. The van der Waals surface area contributed by atoms with Gasteiger partial charge in [-0.15, -0.1) is 0 Å². The molecule has 21 heavy (non-hydrogen) atoms. The summed E-state index contributed by atoms with van der Waals surface area (Å²) in [6.07, 6.45) is 8.08. The predicted octanol–water partition coefficient (Wildman–Crippen LogP) is 5.04. The molecule has 1 aromatic rings. The van der Waals surface area contributed by atoms with Gasteiger partial charge in [-0.2, -0.15) is 0 Å². The molecule has 1 aliphatic carbocycles. The SMILES string of the molecule is CCCNC(Cc1cc(C)cc(C)c1)C1CCC(C)CC1. The van der Waals surface area contributed by atoms with Crippen molar-refractivity contribution in [2.45, 2.75) is 72.3 Å². The van der Waals surface area contributed by atoms with Gasteiger partial charge in [0.15, 0.2) is 0 Å². The van der Waals surface area contributed by atoms with Crippen molar-refractivity contribution < 1.29 is 0 Å². The van der Waals surface area contributed by atoms with E-state index in [1.54, 1.807) is 0 Å². The van der Waals surface area contributed by atoms with Crippen molar-refractivity contribution in [1.29, 1.82) is 0 Å². The molecule has 1 N–H and O–H groups in total. The molecule has 1 heteroatoms. The average Bonchev–Trinajstić information content (AvgIpc) is 2.43.